The first-order valence-electron chi connectivity index (χ1n) is 9.76. The first-order valence-corrected chi connectivity index (χ1v) is 12.0. The molecule has 0 atom stereocenters. The standard InChI is InChI=1S/C23H14BrF3N2O5S/c1-33-21-18(24)7-15-9-20(21)35(31,32)29-19-8-13(4-5-17(19)23(25,26)27)16-6-12(10-28)2-3-14(16)11-34-22(15)30/h2-9,29H,11H2,1H3. The zero-order valence-corrected chi connectivity index (χ0v) is 20.1. The lowest BCUT2D eigenvalue weighted by Crippen LogP contribution is -2.19. The predicted molar refractivity (Wildman–Crippen MR) is 122 cm³/mol. The van der Waals surface area contributed by atoms with E-state index in [0.717, 1.165) is 24.3 Å². The average Bonchev–Trinajstić information content (AvgIpc) is 2.80. The monoisotopic (exact) mass is 566 g/mol. The predicted octanol–water partition coefficient (Wildman–Crippen LogP) is 5.49. The highest BCUT2D eigenvalue weighted by atomic mass is 79.9. The highest BCUT2D eigenvalue weighted by Gasteiger charge is 2.36. The number of carbonyl (C=O) groups is 1. The third kappa shape index (κ3) is 4.69. The molecule has 0 aliphatic carbocycles. The lowest BCUT2D eigenvalue weighted by Gasteiger charge is -2.18. The molecule has 7 nitrogen and oxygen atoms in total. The number of anilines is 1. The molecule has 0 fully saturated rings. The molecule has 0 unspecified atom stereocenters. The van der Waals surface area contributed by atoms with Crippen LogP contribution in [0.3, 0.4) is 0 Å². The Hall–Kier alpha value is -3.56. The van der Waals surface area contributed by atoms with E-state index in [0.29, 0.717) is 11.1 Å². The van der Waals surface area contributed by atoms with Gasteiger partial charge in [0.1, 0.15) is 11.5 Å². The normalized spacial score (nSPS) is 14.7. The first-order chi connectivity index (χ1) is 16.4. The second-order valence-electron chi connectivity index (χ2n) is 7.41. The quantitative estimate of drug-likeness (QED) is 0.390. The molecule has 0 spiro atoms. The van der Waals surface area contributed by atoms with Crippen molar-refractivity contribution in [3.05, 3.63) is 75.3 Å². The number of hydrogen-bond donors (Lipinski definition) is 1. The van der Waals surface area contributed by atoms with Crippen molar-refractivity contribution in [1.82, 2.24) is 0 Å². The summed E-state index contributed by atoms with van der Waals surface area (Å²) < 4.78 is 80.4. The molecule has 4 rings (SSSR count). The van der Waals surface area contributed by atoms with E-state index in [4.69, 9.17) is 9.47 Å². The molecule has 0 aromatic heterocycles. The van der Waals surface area contributed by atoms with Gasteiger partial charge in [0, 0.05) is 0 Å². The molecule has 0 amide bonds. The number of benzene rings is 3. The molecule has 1 aliphatic heterocycles. The summed E-state index contributed by atoms with van der Waals surface area (Å²) >= 11 is 3.14. The molecule has 180 valence electrons. The van der Waals surface area contributed by atoms with Crippen LogP contribution in [0.4, 0.5) is 18.9 Å². The van der Waals surface area contributed by atoms with Gasteiger partial charge >= 0.3 is 12.1 Å². The summed E-state index contributed by atoms with van der Waals surface area (Å²) in [6.45, 7) is -0.282. The molecule has 1 N–H and O–H groups in total. The molecule has 1 heterocycles. The van der Waals surface area contributed by atoms with Gasteiger partial charge in [-0.2, -0.15) is 18.4 Å². The maximum Gasteiger partial charge on any atom is 0.418 e. The van der Waals surface area contributed by atoms with Crippen molar-refractivity contribution >= 4 is 37.6 Å². The Morgan fingerprint density at radius 1 is 1.11 bits per heavy atom. The minimum Gasteiger partial charge on any atom is -0.494 e. The summed E-state index contributed by atoms with van der Waals surface area (Å²) in [6.07, 6.45) is -4.88. The maximum atomic E-state index is 13.8. The average molecular weight is 567 g/mol. The molecular weight excluding hydrogens is 553 g/mol. The summed E-state index contributed by atoms with van der Waals surface area (Å²) in [5.41, 5.74) is -1.04. The van der Waals surface area contributed by atoms with Crippen LogP contribution >= 0.6 is 15.9 Å². The second kappa shape index (κ2) is 8.90. The van der Waals surface area contributed by atoms with E-state index in [2.05, 4.69) is 15.9 Å². The van der Waals surface area contributed by atoms with Gasteiger partial charge in [0.2, 0.25) is 0 Å². The smallest absolute Gasteiger partial charge is 0.418 e. The van der Waals surface area contributed by atoms with E-state index in [9.17, 15) is 31.6 Å². The van der Waals surface area contributed by atoms with Gasteiger partial charge in [-0.1, -0.05) is 12.1 Å². The van der Waals surface area contributed by atoms with E-state index < -0.39 is 38.3 Å². The number of esters is 1. The third-order valence-electron chi connectivity index (χ3n) is 5.22. The van der Waals surface area contributed by atoms with Crippen molar-refractivity contribution in [2.24, 2.45) is 0 Å². The third-order valence-corrected chi connectivity index (χ3v) is 7.18. The van der Waals surface area contributed by atoms with Crippen LogP contribution in [-0.4, -0.2) is 21.5 Å². The van der Waals surface area contributed by atoms with Crippen LogP contribution in [0.5, 0.6) is 5.75 Å². The van der Waals surface area contributed by atoms with Crippen LogP contribution in [0.1, 0.15) is 27.0 Å². The minimum atomic E-state index is -4.88. The van der Waals surface area contributed by atoms with Crippen LogP contribution in [-0.2, 0) is 27.5 Å². The second-order valence-corrected chi connectivity index (χ2v) is 9.92. The van der Waals surface area contributed by atoms with E-state index in [1.54, 1.807) is 0 Å². The molecule has 35 heavy (non-hydrogen) atoms. The van der Waals surface area contributed by atoms with Crippen molar-refractivity contribution in [3.63, 3.8) is 0 Å². The fourth-order valence-corrected chi connectivity index (χ4v) is 5.64. The summed E-state index contributed by atoms with van der Waals surface area (Å²) in [7, 11) is -3.51. The first kappa shape index (κ1) is 24.6. The molecule has 3 aromatic rings. The number of methoxy groups -OCH3 is 1. The zero-order chi connectivity index (χ0) is 25.5. The number of ether oxygens (including phenoxy) is 2. The zero-order valence-electron chi connectivity index (χ0n) is 17.7. The van der Waals surface area contributed by atoms with Gasteiger partial charge in [0.25, 0.3) is 10.0 Å². The fourth-order valence-electron chi connectivity index (χ4n) is 3.59. The van der Waals surface area contributed by atoms with Crippen LogP contribution in [0, 0.1) is 11.3 Å². The van der Waals surface area contributed by atoms with Gasteiger partial charge in [-0.15, -0.1) is 0 Å². The number of fused-ring (bicyclic) bond motifs is 6. The summed E-state index contributed by atoms with van der Waals surface area (Å²) in [4.78, 5) is 12.2. The number of carbonyl (C=O) groups excluding carboxylic acids is 1. The lowest BCUT2D eigenvalue weighted by atomic mass is 9.96. The largest absolute Gasteiger partial charge is 0.494 e. The SMILES string of the molecule is COc1c(Br)cc2cc1S(=O)(=O)Nc1cc(ccc1C(F)(F)F)-c1cc(C#N)ccc1COC2=O. The summed E-state index contributed by atoms with van der Waals surface area (Å²) in [5.74, 6) is -1.09. The van der Waals surface area contributed by atoms with Gasteiger partial charge in [-0.3, -0.25) is 4.72 Å². The Balaban J connectivity index is 2.05. The molecule has 0 radical (unpaired) electrons. The number of nitriles is 1. The summed E-state index contributed by atoms with van der Waals surface area (Å²) in [6, 6.07) is 11.5. The van der Waals surface area contributed by atoms with Gasteiger partial charge in [0.15, 0.2) is 5.75 Å². The molecular formula is C23H14BrF3N2O5S. The number of nitrogens with zero attached hydrogens (tertiary/aromatic N) is 1. The van der Waals surface area contributed by atoms with E-state index in [1.165, 1.54) is 31.4 Å². The van der Waals surface area contributed by atoms with Crippen molar-refractivity contribution in [2.45, 2.75) is 17.7 Å². The van der Waals surface area contributed by atoms with Gasteiger partial charge in [0.05, 0.1) is 40.0 Å². The lowest BCUT2D eigenvalue weighted by molar-refractivity contribution is -0.136. The molecule has 0 saturated heterocycles. The number of nitrogens with one attached hydrogen (secondary N) is 1. The molecule has 3 aromatic carbocycles. The minimum absolute atomic E-state index is 0.0774. The molecule has 4 bridgehead atoms. The Morgan fingerprint density at radius 2 is 1.86 bits per heavy atom. The topological polar surface area (TPSA) is 105 Å². The Morgan fingerprint density at radius 3 is 2.51 bits per heavy atom. The number of alkyl halides is 3. The summed E-state index contributed by atoms with van der Waals surface area (Å²) in [5, 5.41) is 9.29. The van der Waals surface area contributed by atoms with Crippen LogP contribution in [0.2, 0.25) is 0 Å². The highest BCUT2D eigenvalue weighted by molar-refractivity contribution is 9.10. The Labute approximate surface area is 206 Å². The van der Waals surface area contributed by atoms with Gasteiger partial charge in [-0.25, -0.2) is 13.2 Å². The van der Waals surface area contributed by atoms with E-state index in [1.807, 2.05) is 10.8 Å². The molecule has 1 aliphatic rings. The van der Waals surface area contributed by atoms with E-state index in [-0.39, 0.29) is 33.5 Å². The number of hydrogen-bond acceptors (Lipinski definition) is 6. The number of halogens is 4. The van der Waals surface area contributed by atoms with Crippen molar-refractivity contribution < 1.29 is 35.9 Å². The van der Waals surface area contributed by atoms with E-state index >= 15 is 0 Å². The fraction of sp³-hybridized carbons (Fsp3) is 0.130. The van der Waals surface area contributed by atoms with Crippen molar-refractivity contribution in [2.75, 3.05) is 11.8 Å². The number of sulfonamides is 1. The molecule has 0 saturated carbocycles. The number of rotatable bonds is 1. The number of cyclic esters (lactones) is 1. The molecule has 12 heteroatoms. The van der Waals surface area contributed by atoms with Gasteiger partial charge in [-0.05, 0) is 69.0 Å². The Kier molecular flexibility index (Phi) is 6.25. The van der Waals surface area contributed by atoms with Gasteiger partial charge < -0.3 is 9.47 Å². The highest BCUT2D eigenvalue weighted by Crippen LogP contribution is 2.41. The maximum absolute atomic E-state index is 13.8. The van der Waals surface area contributed by atoms with Crippen LogP contribution in [0.25, 0.3) is 11.1 Å². The van der Waals surface area contributed by atoms with Crippen molar-refractivity contribution in [1.29, 1.82) is 5.26 Å². The Bertz CT molecular complexity index is 1510. The van der Waals surface area contributed by atoms with Crippen LogP contribution < -0.4 is 9.46 Å². The van der Waals surface area contributed by atoms with Crippen molar-refractivity contribution in [3.8, 4) is 22.9 Å². The van der Waals surface area contributed by atoms with Crippen LogP contribution in [0.15, 0.2) is 57.9 Å².